The first-order valence-electron chi connectivity index (χ1n) is 5.70. The molecule has 0 fully saturated rings. The van der Waals surface area contributed by atoms with Gasteiger partial charge in [-0.3, -0.25) is 4.55 Å². The van der Waals surface area contributed by atoms with Gasteiger partial charge in [0.1, 0.15) is 0 Å². The van der Waals surface area contributed by atoms with Gasteiger partial charge in [-0.2, -0.15) is 8.42 Å². The summed E-state index contributed by atoms with van der Waals surface area (Å²) in [5.41, 5.74) is -0.167. The molecule has 0 aliphatic heterocycles. The molecule has 0 aromatic heterocycles. The second-order valence-corrected chi connectivity index (χ2v) is 6.48. The van der Waals surface area contributed by atoms with Gasteiger partial charge in [0, 0.05) is 6.42 Å². The maximum Gasteiger partial charge on any atom is 0.319 e. The SMILES string of the molecule is C=C(CCC([N+](C)(C)CCC)S(=O)(=O)O)C(=O)[O-]. The van der Waals surface area contributed by atoms with Crippen molar-refractivity contribution < 1.29 is 27.4 Å². The lowest BCUT2D eigenvalue weighted by molar-refractivity contribution is -0.901. The zero-order valence-corrected chi connectivity index (χ0v) is 11.9. The topological polar surface area (TPSA) is 94.5 Å². The number of quaternary nitrogens is 1. The third-order valence-electron chi connectivity index (χ3n) is 2.91. The minimum Gasteiger partial charge on any atom is -0.545 e. The Morgan fingerprint density at radius 2 is 1.94 bits per heavy atom. The molecule has 0 spiro atoms. The highest BCUT2D eigenvalue weighted by molar-refractivity contribution is 7.86. The molecular weight excluding hydrogens is 258 g/mol. The van der Waals surface area contributed by atoms with Crippen molar-refractivity contribution in [1.82, 2.24) is 0 Å². The van der Waals surface area contributed by atoms with Gasteiger partial charge in [0.15, 0.2) is 0 Å². The molecule has 0 bridgehead atoms. The van der Waals surface area contributed by atoms with E-state index in [0.29, 0.717) is 6.54 Å². The number of carbonyl (C=O) groups excluding carboxylic acids is 1. The number of carbonyl (C=O) groups is 1. The molecule has 0 saturated heterocycles. The molecule has 7 heteroatoms. The van der Waals surface area contributed by atoms with Crippen molar-refractivity contribution in [3.63, 3.8) is 0 Å². The summed E-state index contributed by atoms with van der Waals surface area (Å²) >= 11 is 0. The highest BCUT2D eigenvalue weighted by Crippen LogP contribution is 2.20. The molecule has 0 heterocycles. The molecule has 1 atom stereocenters. The Hall–Kier alpha value is -0.920. The molecule has 0 saturated carbocycles. The van der Waals surface area contributed by atoms with Gasteiger partial charge in [0.05, 0.1) is 26.6 Å². The highest BCUT2D eigenvalue weighted by atomic mass is 32.2. The van der Waals surface area contributed by atoms with Gasteiger partial charge in [-0.15, -0.1) is 0 Å². The zero-order chi connectivity index (χ0) is 14.6. The summed E-state index contributed by atoms with van der Waals surface area (Å²) in [6, 6.07) is 0. The number of aliphatic carboxylic acids is 1. The number of nitrogens with zero attached hydrogens (tertiary/aromatic N) is 1. The van der Waals surface area contributed by atoms with Crippen LogP contribution in [0.4, 0.5) is 0 Å². The van der Waals surface area contributed by atoms with Gasteiger partial charge < -0.3 is 14.4 Å². The van der Waals surface area contributed by atoms with Crippen molar-refractivity contribution >= 4 is 16.1 Å². The van der Waals surface area contributed by atoms with E-state index in [1.165, 1.54) is 0 Å². The van der Waals surface area contributed by atoms with Crippen molar-refractivity contribution in [3.05, 3.63) is 12.2 Å². The molecule has 0 radical (unpaired) electrons. The van der Waals surface area contributed by atoms with Gasteiger partial charge >= 0.3 is 10.1 Å². The summed E-state index contributed by atoms with van der Waals surface area (Å²) in [6.45, 7) is 5.75. The molecule has 0 rings (SSSR count). The number of hydrogen-bond donors (Lipinski definition) is 1. The predicted octanol–water partition coefficient (Wildman–Crippen LogP) is -0.227. The fourth-order valence-electron chi connectivity index (χ4n) is 1.98. The largest absolute Gasteiger partial charge is 0.545 e. The van der Waals surface area contributed by atoms with Gasteiger partial charge in [0.2, 0.25) is 5.37 Å². The Kier molecular flexibility index (Phi) is 5.98. The van der Waals surface area contributed by atoms with Crippen molar-refractivity contribution in [2.75, 3.05) is 20.6 Å². The second kappa shape index (κ2) is 6.31. The molecule has 106 valence electrons. The lowest BCUT2D eigenvalue weighted by atomic mass is 10.1. The molecular formula is C11H21NO5S. The number of rotatable bonds is 8. The molecule has 18 heavy (non-hydrogen) atoms. The van der Waals surface area contributed by atoms with Gasteiger partial charge in [-0.25, -0.2) is 0 Å². The minimum absolute atomic E-state index is 0.00134. The number of carboxylic acids is 1. The van der Waals surface area contributed by atoms with Crippen LogP contribution in [0.2, 0.25) is 0 Å². The minimum atomic E-state index is -4.25. The summed E-state index contributed by atoms with van der Waals surface area (Å²) in [6.07, 6.45) is 0.720. The third kappa shape index (κ3) is 5.16. The average Bonchev–Trinajstić information content (AvgIpc) is 2.14. The maximum absolute atomic E-state index is 11.4. The third-order valence-corrected chi connectivity index (χ3v) is 4.40. The van der Waals surface area contributed by atoms with E-state index in [9.17, 15) is 22.9 Å². The monoisotopic (exact) mass is 279 g/mol. The summed E-state index contributed by atoms with van der Waals surface area (Å²) < 4.78 is 32.1. The van der Waals surface area contributed by atoms with E-state index in [2.05, 4.69) is 6.58 Å². The van der Waals surface area contributed by atoms with Crippen LogP contribution in [-0.2, 0) is 14.9 Å². The molecule has 0 aliphatic carbocycles. The molecule has 0 aromatic carbocycles. The van der Waals surface area contributed by atoms with Crippen molar-refractivity contribution in [3.8, 4) is 0 Å². The van der Waals surface area contributed by atoms with Crippen LogP contribution in [0, 0.1) is 0 Å². The Labute approximate surface area is 108 Å². The van der Waals surface area contributed by atoms with Crippen LogP contribution >= 0.6 is 0 Å². The van der Waals surface area contributed by atoms with E-state index in [4.69, 9.17) is 0 Å². The lowest BCUT2D eigenvalue weighted by Gasteiger charge is -2.36. The van der Waals surface area contributed by atoms with Crippen LogP contribution in [-0.4, -0.2) is 49.4 Å². The molecule has 0 aromatic rings. The van der Waals surface area contributed by atoms with Crippen LogP contribution in [0.1, 0.15) is 26.2 Å². The second-order valence-electron chi connectivity index (χ2n) is 4.90. The molecule has 1 N–H and O–H groups in total. The number of carboxylic acid groups (broad SMARTS) is 1. The van der Waals surface area contributed by atoms with E-state index in [-0.39, 0.29) is 22.9 Å². The van der Waals surface area contributed by atoms with E-state index in [1.807, 2.05) is 6.92 Å². The fraction of sp³-hybridized carbons (Fsp3) is 0.727. The summed E-state index contributed by atoms with van der Waals surface area (Å²) in [7, 11) is -0.880. The van der Waals surface area contributed by atoms with E-state index in [0.717, 1.165) is 6.42 Å². The Morgan fingerprint density at radius 3 is 2.28 bits per heavy atom. The predicted molar refractivity (Wildman–Crippen MR) is 66.0 cm³/mol. The van der Waals surface area contributed by atoms with Crippen molar-refractivity contribution in [2.24, 2.45) is 0 Å². The van der Waals surface area contributed by atoms with E-state index < -0.39 is 21.5 Å². The maximum atomic E-state index is 11.4. The smallest absolute Gasteiger partial charge is 0.319 e. The van der Waals surface area contributed by atoms with Gasteiger partial charge in [-0.05, 0) is 18.4 Å². The van der Waals surface area contributed by atoms with Crippen molar-refractivity contribution in [1.29, 1.82) is 0 Å². The first-order valence-corrected chi connectivity index (χ1v) is 7.20. The Balaban J connectivity index is 4.94. The number of hydrogen-bond acceptors (Lipinski definition) is 4. The quantitative estimate of drug-likeness (QED) is 0.376. The Morgan fingerprint density at radius 1 is 1.44 bits per heavy atom. The van der Waals surface area contributed by atoms with Gasteiger partial charge in [0.25, 0.3) is 0 Å². The molecule has 6 nitrogen and oxygen atoms in total. The summed E-state index contributed by atoms with van der Waals surface area (Å²) in [5.74, 6) is -1.40. The molecule has 0 aliphatic rings. The fourth-order valence-corrected chi connectivity index (χ4v) is 3.22. The summed E-state index contributed by atoms with van der Waals surface area (Å²) in [5, 5.41) is 9.45. The average molecular weight is 279 g/mol. The van der Waals surface area contributed by atoms with E-state index >= 15 is 0 Å². The van der Waals surface area contributed by atoms with Crippen LogP contribution in [0.5, 0.6) is 0 Å². The first-order chi connectivity index (χ1) is 8.02. The normalized spacial score (nSPS) is 14.2. The van der Waals surface area contributed by atoms with Crippen LogP contribution in [0.3, 0.4) is 0 Å². The highest BCUT2D eigenvalue weighted by Gasteiger charge is 2.37. The van der Waals surface area contributed by atoms with Crippen molar-refractivity contribution in [2.45, 2.75) is 31.6 Å². The molecule has 1 unspecified atom stereocenters. The zero-order valence-electron chi connectivity index (χ0n) is 11.0. The van der Waals surface area contributed by atoms with E-state index in [1.54, 1.807) is 14.1 Å². The standard InChI is InChI=1S/C11H21NO5S/c1-5-8-12(3,4)10(18(15,16)17)7-6-9(2)11(13)14/h10H,2,5-8H2,1,3-4H3,(H-,13,14,15,16,17). The van der Waals surface area contributed by atoms with Crippen LogP contribution in [0.15, 0.2) is 12.2 Å². The van der Waals surface area contributed by atoms with Crippen LogP contribution in [0.25, 0.3) is 0 Å². The lowest BCUT2D eigenvalue weighted by Crippen LogP contribution is -2.53. The Bertz CT molecular complexity index is 413. The summed E-state index contributed by atoms with van der Waals surface area (Å²) in [4.78, 5) is 10.5. The van der Waals surface area contributed by atoms with Crippen LogP contribution < -0.4 is 5.11 Å². The molecule has 0 amide bonds. The van der Waals surface area contributed by atoms with Gasteiger partial charge in [-0.1, -0.05) is 13.5 Å². The first kappa shape index (κ1) is 17.1.